The molecule has 0 unspecified atom stereocenters. The van der Waals surface area contributed by atoms with Crippen LogP contribution in [0.1, 0.15) is 17.2 Å². The molecule has 1 heterocycles. The van der Waals surface area contributed by atoms with Crippen LogP contribution in [0, 0.1) is 0 Å². The van der Waals surface area contributed by atoms with Crippen molar-refractivity contribution in [2.24, 2.45) is 0 Å². The van der Waals surface area contributed by atoms with Gasteiger partial charge in [0, 0.05) is 15.6 Å². The molecule has 4 rings (SSSR count). The molecule has 6 heteroatoms. The monoisotopic (exact) mass is 415 g/mol. The van der Waals surface area contributed by atoms with Gasteiger partial charge in [0.05, 0.1) is 10.9 Å². The number of benzene rings is 3. The highest BCUT2D eigenvalue weighted by atomic mass is 79.9. The van der Waals surface area contributed by atoms with Crippen molar-refractivity contribution < 1.29 is 13.2 Å². The summed E-state index contributed by atoms with van der Waals surface area (Å²) in [4.78, 5) is 0.220. The summed E-state index contributed by atoms with van der Waals surface area (Å²) in [5.41, 5.74) is 1.59. The zero-order valence-corrected chi connectivity index (χ0v) is 15.4. The number of para-hydroxylation sites is 2. The van der Waals surface area contributed by atoms with Gasteiger partial charge in [-0.1, -0.05) is 52.3 Å². The topological polar surface area (TPSA) is 55.4 Å². The van der Waals surface area contributed by atoms with Gasteiger partial charge in [-0.25, -0.2) is 8.42 Å². The molecular formula is C19H14BrNO3S. The number of ether oxygens (including phenoxy) is 1. The number of sulfonamides is 1. The molecule has 0 radical (unpaired) electrons. The van der Waals surface area contributed by atoms with Gasteiger partial charge in [0.1, 0.15) is 11.5 Å². The van der Waals surface area contributed by atoms with Gasteiger partial charge in [-0.15, -0.1) is 0 Å². The van der Waals surface area contributed by atoms with Gasteiger partial charge in [-0.2, -0.15) is 4.72 Å². The molecule has 0 saturated heterocycles. The van der Waals surface area contributed by atoms with Gasteiger partial charge in [-0.3, -0.25) is 0 Å². The highest BCUT2D eigenvalue weighted by Gasteiger charge is 2.30. The van der Waals surface area contributed by atoms with Gasteiger partial charge in [0.25, 0.3) is 0 Å². The molecule has 1 N–H and O–H groups in total. The van der Waals surface area contributed by atoms with Crippen molar-refractivity contribution in [3.05, 3.63) is 88.4 Å². The fourth-order valence-electron chi connectivity index (χ4n) is 2.87. The zero-order chi connectivity index (χ0) is 17.4. The van der Waals surface area contributed by atoms with Crippen LogP contribution in [-0.2, 0) is 10.0 Å². The minimum absolute atomic E-state index is 0.220. The van der Waals surface area contributed by atoms with Crippen molar-refractivity contribution >= 4 is 26.0 Å². The fourth-order valence-corrected chi connectivity index (χ4v) is 4.33. The van der Waals surface area contributed by atoms with E-state index in [0.29, 0.717) is 11.5 Å². The maximum Gasteiger partial charge on any atom is 0.241 e. The summed E-state index contributed by atoms with van der Waals surface area (Å²) in [6, 6.07) is 21.0. The maximum atomic E-state index is 12.9. The van der Waals surface area contributed by atoms with E-state index in [0.717, 1.165) is 15.6 Å². The first-order chi connectivity index (χ1) is 12.0. The lowest BCUT2D eigenvalue weighted by Crippen LogP contribution is -2.31. The summed E-state index contributed by atoms with van der Waals surface area (Å²) < 4.78 is 35.3. The van der Waals surface area contributed by atoms with Gasteiger partial charge < -0.3 is 4.74 Å². The minimum Gasteiger partial charge on any atom is -0.457 e. The van der Waals surface area contributed by atoms with E-state index >= 15 is 0 Å². The summed E-state index contributed by atoms with van der Waals surface area (Å²) in [5.74, 6) is 1.31. The van der Waals surface area contributed by atoms with E-state index in [9.17, 15) is 8.42 Å². The molecule has 0 saturated carbocycles. The van der Waals surface area contributed by atoms with Crippen LogP contribution in [0.15, 0.2) is 82.2 Å². The van der Waals surface area contributed by atoms with Crippen LogP contribution in [0.4, 0.5) is 0 Å². The molecule has 0 amide bonds. The Morgan fingerprint density at radius 2 is 1.32 bits per heavy atom. The van der Waals surface area contributed by atoms with Crippen LogP contribution in [0.3, 0.4) is 0 Å². The van der Waals surface area contributed by atoms with Crippen LogP contribution in [0.25, 0.3) is 0 Å². The Morgan fingerprint density at radius 3 is 1.88 bits per heavy atom. The molecule has 0 atom stereocenters. The molecular weight excluding hydrogens is 402 g/mol. The van der Waals surface area contributed by atoms with Crippen LogP contribution < -0.4 is 9.46 Å². The zero-order valence-electron chi connectivity index (χ0n) is 13.0. The lowest BCUT2D eigenvalue weighted by molar-refractivity contribution is 0.440. The third-order valence-electron chi connectivity index (χ3n) is 4.08. The molecule has 1 aliphatic rings. The van der Waals surface area contributed by atoms with Crippen LogP contribution in [0.2, 0.25) is 0 Å². The Hall–Kier alpha value is -2.15. The van der Waals surface area contributed by atoms with Gasteiger partial charge in [0.2, 0.25) is 10.0 Å². The highest BCUT2D eigenvalue weighted by molar-refractivity contribution is 9.10. The standard InChI is InChI=1S/C19H14BrNO3S/c20-13-9-11-14(12-10-13)25(22,23)21-19-15-5-1-3-7-17(15)24-18-8-4-2-6-16(18)19/h1-12,19,21H. The van der Waals surface area contributed by atoms with E-state index in [2.05, 4.69) is 20.7 Å². The van der Waals surface area contributed by atoms with E-state index in [1.807, 2.05) is 48.5 Å². The third-order valence-corrected chi connectivity index (χ3v) is 6.04. The molecule has 0 spiro atoms. The number of hydrogen-bond donors (Lipinski definition) is 1. The first kappa shape index (κ1) is 16.3. The molecule has 4 nitrogen and oxygen atoms in total. The van der Waals surface area contributed by atoms with Crippen molar-refractivity contribution in [2.75, 3.05) is 0 Å². The lowest BCUT2D eigenvalue weighted by Gasteiger charge is -2.28. The Balaban J connectivity index is 1.79. The average molecular weight is 416 g/mol. The minimum atomic E-state index is -3.69. The summed E-state index contributed by atoms with van der Waals surface area (Å²) in [6.45, 7) is 0. The SMILES string of the molecule is O=S(=O)(NC1c2ccccc2Oc2ccccc21)c1ccc(Br)cc1. The Morgan fingerprint density at radius 1 is 0.800 bits per heavy atom. The molecule has 1 aliphatic heterocycles. The first-order valence-electron chi connectivity index (χ1n) is 7.68. The van der Waals surface area contributed by atoms with E-state index in [-0.39, 0.29) is 4.90 Å². The molecule has 3 aromatic rings. The summed E-state index contributed by atoms with van der Waals surface area (Å²) >= 11 is 3.32. The summed E-state index contributed by atoms with van der Waals surface area (Å²) in [5, 5.41) is 0. The number of nitrogens with one attached hydrogen (secondary N) is 1. The number of hydrogen-bond acceptors (Lipinski definition) is 3. The van der Waals surface area contributed by atoms with Crippen molar-refractivity contribution in [3.8, 4) is 11.5 Å². The second kappa shape index (κ2) is 6.29. The van der Waals surface area contributed by atoms with Crippen molar-refractivity contribution in [2.45, 2.75) is 10.9 Å². The molecule has 0 aliphatic carbocycles. The first-order valence-corrected chi connectivity index (χ1v) is 9.96. The lowest BCUT2D eigenvalue weighted by atomic mass is 9.95. The predicted molar refractivity (Wildman–Crippen MR) is 99.3 cm³/mol. The summed E-state index contributed by atoms with van der Waals surface area (Å²) in [6.07, 6.45) is 0. The molecule has 0 bridgehead atoms. The van der Waals surface area contributed by atoms with Crippen LogP contribution in [0.5, 0.6) is 11.5 Å². The number of halogens is 1. The average Bonchev–Trinajstić information content (AvgIpc) is 2.62. The molecule has 0 fully saturated rings. The predicted octanol–water partition coefficient (Wildman–Crippen LogP) is 4.62. The van der Waals surface area contributed by atoms with Gasteiger partial charge in [0.15, 0.2) is 0 Å². The summed E-state index contributed by atoms with van der Waals surface area (Å²) in [7, 11) is -3.69. The smallest absolute Gasteiger partial charge is 0.241 e. The van der Waals surface area contributed by atoms with Crippen LogP contribution >= 0.6 is 15.9 Å². The Bertz CT molecular complexity index is 987. The van der Waals surface area contributed by atoms with Crippen molar-refractivity contribution in [1.82, 2.24) is 4.72 Å². The number of rotatable bonds is 3. The van der Waals surface area contributed by atoms with Gasteiger partial charge >= 0.3 is 0 Å². The molecule has 0 aromatic heterocycles. The Kier molecular flexibility index (Phi) is 4.11. The van der Waals surface area contributed by atoms with Crippen molar-refractivity contribution in [1.29, 1.82) is 0 Å². The van der Waals surface area contributed by atoms with E-state index < -0.39 is 16.1 Å². The maximum absolute atomic E-state index is 12.9. The van der Waals surface area contributed by atoms with E-state index in [1.54, 1.807) is 24.3 Å². The number of fused-ring (bicyclic) bond motifs is 2. The largest absolute Gasteiger partial charge is 0.457 e. The Labute approximate surface area is 154 Å². The van der Waals surface area contributed by atoms with E-state index in [1.165, 1.54) is 0 Å². The van der Waals surface area contributed by atoms with Crippen LogP contribution in [-0.4, -0.2) is 8.42 Å². The molecule has 3 aromatic carbocycles. The van der Waals surface area contributed by atoms with Crippen molar-refractivity contribution in [3.63, 3.8) is 0 Å². The normalized spacial score (nSPS) is 13.6. The third kappa shape index (κ3) is 3.08. The second-order valence-electron chi connectivity index (χ2n) is 5.69. The molecule has 25 heavy (non-hydrogen) atoms. The second-order valence-corrected chi connectivity index (χ2v) is 8.32. The quantitative estimate of drug-likeness (QED) is 0.678. The fraction of sp³-hybridized carbons (Fsp3) is 0.0526. The van der Waals surface area contributed by atoms with Gasteiger partial charge in [-0.05, 0) is 36.4 Å². The highest BCUT2D eigenvalue weighted by Crippen LogP contribution is 2.43. The molecule has 126 valence electrons. The van der Waals surface area contributed by atoms with E-state index in [4.69, 9.17) is 4.74 Å².